The Kier molecular flexibility index (Phi) is 16.8. The van der Waals surface area contributed by atoms with Crippen molar-refractivity contribution in [2.24, 2.45) is 0 Å². The first-order chi connectivity index (χ1) is 31.0. The highest BCUT2D eigenvalue weighted by molar-refractivity contribution is 7.44. The van der Waals surface area contributed by atoms with Gasteiger partial charge in [0.15, 0.2) is 6.23 Å². The number of aromatic nitrogens is 2. The maximum absolute atomic E-state index is 14.2. The van der Waals surface area contributed by atoms with Crippen LogP contribution in [0, 0.1) is 11.3 Å². The van der Waals surface area contributed by atoms with E-state index >= 15 is 0 Å². The number of benzene rings is 4. The minimum atomic E-state index is -1.94. The van der Waals surface area contributed by atoms with Gasteiger partial charge in [0, 0.05) is 30.5 Å². The summed E-state index contributed by atoms with van der Waals surface area (Å²) in [5.74, 6) is 0.866. The summed E-state index contributed by atoms with van der Waals surface area (Å²) in [5.41, 5.74) is 0.484. The van der Waals surface area contributed by atoms with Crippen LogP contribution in [0.15, 0.2) is 126 Å². The van der Waals surface area contributed by atoms with Crippen LogP contribution in [0.5, 0.6) is 11.5 Å². The Morgan fingerprint density at radius 3 is 1.94 bits per heavy atom. The Hall–Kier alpha value is -5.49. The van der Waals surface area contributed by atoms with Crippen molar-refractivity contribution in [3.8, 4) is 17.6 Å². The third-order valence-electron chi connectivity index (χ3n) is 11.1. The zero-order chi connectivity index (χ0) is 45.8. The molecule has 6 atom stereocenters. The van der Waals surface area contributed by atoms with Gasteiger partial charge in [0.2, 0.25) is 0 Å². The van der Waals surface area contributed by atoms with Gasteiger partial charge in [-0.25, -0.2) is 9.46 Å². The number of carbonyl (C=O) groups excluding carboxylic acids is 1. The molecule has 338 valence electrons. The molecule has 6 rings (SSSR count). The highest BCUT2D eigenvalue weighted by atomic mass is 31.2. The maximum Gasteiger partial charge on any atom is 0.351 e. The van der Waals surface area contributed by atoms with Gasteiger partial charge in [-0.05, 0) is 93.3 Å². The number of nitrogens with zero attached hydrogens (tertiary/aromatic N) is 4. The number of aliphatic hydroxyl groups is 1. The van der Waals surface area contributed by atoms with E-state index in [1.807, 2.05) is 113 Å². The molecule has 4 aromatic carbocycles. The minimum Gasteiger partial charge on any atom is -0.497 e. The van der Waals surface area contributed by atoms with Crippen molar-refractivity contribution in [2.45, 2.75) is 95.6 Å². The van der Waals surface area contributed by atoms with Crippen LogP contribution >= 0.6 is 8.53 Å². The van der Waals surface area contributed by atoms with Crippen molar-refractivity contribution in [2.75, 3.05) is 32.8 Å². The molecule has 0 radical (unpaired) electrons. The van der Waals surface area contributed by atoms with E-state index in [9.17, 15) is 20.0 Å². The lowest BCUT2D eigenvalue weighted by Crippen LogP contribution is -2.53. The van der Waals surface area contributed by atoms with E-state index in [1.54, 1.807) is 44.6 Å². The third kappa shape index (κ3) is 10.5. The molecule has 2 N–H and O–H groups in total. The van der Waals surface area contributed by atoms with E-state index in [0.29, 0.717) is 34.6 Å². The lowest BCUT2D eigenvalue weighted by Gasteiger charge is -2.44. The summed E-state index contributed by atoms with van der Waals surface area (Å²) in [6.45, 7) is 10.5. The number of aliphatic hydroxyl groups excluding tert-OH is 1. The molecule has 64 heavy (non-hydrogen) atoms. The number of rotatable bonds is 21. The predicted molar refractivity (Wildman–Crippen MR) is 245 cm³/mol. The Bertz CT molecular complexity index is 2290. The molecule has 0 aliphatic carbocycles. The molecule has 2 heterocycles. The van der Waals surface area contributed by atoms with Crippen molar-refractivity contribution < 1.29 is 37.9 Å². The van der Waals surface area contributed by atoms with E-state index < -0.39 is 56.2 Å². The lowest BCUT2D eigenvalue weighted by molar-refractivity contribution is -0.101. The van der Waals surface area contributed by atoms with Crippen molar-refractivity contribution in [3.05, 3.63) is 154 Å². The van der Waals surface area contributed by atoms with Crippen LogP contribution in [-0.2, 0) is 23.9 Å². The Labute approximate surface area is 376 Å². The maximum atomic E-state index is 14.2. The lowest BCUT2D eigenvalue weighted by atomic mass is 9.64. The summed E-state index contributed by atoms with van der Waals surface area (Å²) in [6, 6.07) is 36.9. The zero-order valence-corrected chi connectivity index (χ0v) is 38.3. The average molecular weight is 892 g/mol. The van der Waals surface area contributed by atoms with Crippen LogP contribution in [-0.4, -0.2) is 89.2 Å². The van der Waals surface area contributed by atoms with Gasteiger partial charge in [-0.3, -0.25) is 9.36 Å². The van der Waals surface area contributed by atoms with Crippen molar-refractivity contribution in [3.63, 3.8) is 0 Å². The van der Waals surface area contributed by atoms with Gasteiger partial charge in [0.05, 0.1) is 38.7 Å². The normalized spacial score (nSPS) is 18.5. The second-order valence-corrected chi connectivity index (χ2v) is 17.2. The Morgan fingerprint density at radius 1 is 0.859 bits per heavy atom. The first-order valence-electron chi connectivity index (χ1n) is 21.5. The van der Waals surface area contributed by atoms with Gasteiger partial charge in [-0.1, -0.05) is 79.7 Å². The number of hydrogen-bond donors (Lipinski definition) is 2. The Morgan fingerprint density at radius 2 is 1.42 bits per heavy atom. The van der Waals surface area contributed by atoms with Gasteiger partial charge in [0.25, 0.3) is 14.4 Å². The molecule has 1 aromatic heterocycles. The van der Waals surface area contributed by atoms with Crippen LogP contribution in [0.25, 0.3) is 0 Å². The number of ether oxygens (including phenoxy) is 4. The Balaban J connectivity index is 1.56. The molecule has 2 unspecified atom stereocenters. The van der Waals surface area contributed by atoms with Gasteiger partial charge in [0.1, 0.15) is 41.7 Å². The number of anilines is 1. The molecule has 0 spiro atoms. The predicted octanol–water partition coefficient (Wildman–Crippen LogP) is 8.26. The highest BCUT2D eigenvalue weighted by Gasteiger charge is 2.58. The number of methoxy groups -OCH3 is 2. The fourth-order valence-electron chi connectivity index (χ4n) is 8.21. The fourth-order valence-corrected chi connectivity index (χ4v) is 9.97. The SMILES string of the molecule is CCCO[C@@H]1[C@H](OP(OCCC#N)N(C(C)C)C(C)C)[C@@H](C(O)C(c2ccccc2)(c2ccc(OC)cc2)c2ccc(OC)cc2)O[C@H]1n1ccc(NC(=O)c2ccccc2)nc1=O. The van der Waals surface area contributed by atoms with E-state index in [4.69, 9.17) is 28.0 Å². The van der Waals surface area contributed by atoms with E-state index in [2.05, 4.69) is 21.0 Å². The van der Waals surface area contributed by atoms with E-state index in [0.717, 1.165) is 5.56 Å². The summed E-state index contributed by atoms with van der Waals surface area (Å²) in [4.78, 5) is 31.5. The first-order valence-corrected chi connectivity index (χ1v) is 22.6. The summed E-state index contributed by atoms with van der Waals surface area (Å²) in [6.07, 6.45) is -3.70. The van der Waals surface area contributed by atoms with Crippen molar-refractivity contribution in [1.29, 1.82) is 5.26 Å². The largest absolute Gasteiger partial charge is 0.497 e. The summed E-state index contributed by atoms with van der Waals surface area (Å²) < 4.78 is 41.9. The standard InChI is InChI=1S/C49H58N5O9P/c1-8-31-60-44-42(63-64(61-32-15-29-50)54(33(2)3)34(4)5)43(62-47(44)53-30-28-41(52-48(53)57)51-46(56)35-16-11-9-12-17-35)45(55)49(36-18-13-10-14-19-36,37-20-24-39(58-6)25-21-37)38-22-26-40(59-7)27-23-38/h9-14,16-28,30,33-34,42-45,47,55H,8,15,31-32H2,1-7H3,(H,51,52,56,57)/t42-,43+,44-,45?,47-,64?/m1/s1. The monoisotopic (exact) mass is 891 g/mol. The molecular weight excluding hydrogens is 834 g/mol. The summed E-state index contributed by atoms with van der Waals surface area (Å²) in [5, 5.41) is 25.9. The van der Waals surface area contributed by atoms with Crippen molar-refractivity contribution >= 4 is 20.3 Å². The summed E-state index contributed by atoms with van der Waals surface area (Å²) >= 11 is 0. The van der Waals surface area contributed by atoms with Crippen LogP contribution in [0.3, 0.4) is 0 Å². The molecule has 0 bridgehead atoms. The molecule has 1 aliphatic heterocycles. The molecular formula is C49H58N5O9P. The van der Waals surface area contributed by atoms with Crippen LogP contribution in [0.2, 0.25) is 0 Å². The molecule has 5 aromatic rings. The van der Waals surface area contributed by atoms with E-state index in [-0.39, 0.29) is 37.5 Å². The average Bonchev–Trinajstić information content (AvgIpc) is 3.66. The number of hydrogen-bond acceptors (Lipinski definition) is 12. The van der Waals surface area contributed by atoms with Gasteiger partial charge in [-0.2, -0.15) is 10.2 Å². The summed E-state index contributed by atoms with van der Waals surface area (Å²) in [7, 11) is 1.25. The van der Waals surface area contributed by atoms with Crippen LogP contribution in [0.4, 0.5) is 5.82 Å². The molecule has 0 saturated carbocycles. The number of carbonyl (C=O) groups is 1. The molecule has 15 heteroatoms. The van der Waals surface area contributed by atoms with Crippen molar-refractivity contribution in [1.82, 2.24) is 14.2 Å². The second kappa shape index (κ2) is 22.4. The quantitative estimate of drug-likeness (QED) is 0.0412. The van der Waals surface area contributed by atoms with Gasteiger partial charge >= 0.3 is 5.69 Å². The molecule has 1 fully saturated rings. The number of nitriles is 1. The number of nitrogens with one attached hydrogen (secondary N) is 1. The van der Waals surface area contributed by atoms with E-state index in [1.165, 1.54) is 16.8 Å². The number of amides is 1. The first kappa shape index (κ1) is 48.0. The fraction of sp³-hybridized carbons (Fsp3) is 0.388. The molecule has 1 aliphatic rings. The topological polar surface area (TPSA) is 167 Å². The zero-order valence-electron chi connectivity index (χ0n) is 37.4. The van der Waals surface area contributed by atoms with Crippen LogP contribution < -0.4 is 20.5 Å². The smallest absolute Gasteiger partial charge is 0.351 e. The van der Waals surface area contributed by atoms with Gasteiger partial charge < -0.3 is 38.4 Å². The second-order valence-electron chi connectivity index (χ2n) is 15.8. The highest BCUT2D eigenvalue weighted by Crippen LogP contribution is 2.53. The minimum absolute atomic E-state index is 0.0459. The molecule has 14 nitrogen and oxygen atoms in total. The van der Waals surface area contributed by atoms with Gasteiger partial charge in [-0.15, -0.1) is 0 Å². The molecule has 1 saturated heterocycles. The van der Waals surface area contributed by atoms with Crippen LogP contribution in [0.1, 0.15) is 80.7 Å². The molecule has 1 amide bonds. The third-order valence-corrected chi connectivity index (χ3v) is 13.2.